The molecule has 1 rings (SSSR count). The fourth-order valence-electron chi connectivity index (χ4n) is 1.69. The van der Waals surface area contributed by atoms with E-state index < -0.39 is 18.0 Å². The van der Waals surface area contributed by atoms with E-state index in [0.29, 0.717) is 6.42 Å². The predicted octanol–water partition coefficient (Wildman–Crippen LogP) is 1.72. The smallest absolute Gasteiger partial charge is 0.326 e. The average Bonchev–Trinajstić information content (AvgIpc) is 2.25. The summed E-state index contributed by atoms with van der Waals surface area (Å²) in [7, 11) is 0. The van der Waals surface area contributed by atoms with E-state index in [-0.39, 0.29) is 23.1 Å². The van der Waals surface area contributed by atoms with Crippen LogP contribution in [0.3, 0.4) is 0 Å². The van der Waals surface area contributed by atoms with Crippen LogP contribution in [0, 0.1) is 5.92 Å². The van der Waals surface area contributed by atoms with E-state index >= 15 is 0 Å². The Labute approximate surface area is 116 Å². The third-order valence-electron chi connectivity index (χ3n) is 2.47. The third-order valence-corrected chi connectivity index (χ3v) is 2.47. The molecule has 0 radical (unpaired) electrons. The maximum Gasteiger partial charge on any atom is 0.326 e. The predicted molar refractivity (Wildman–Crippen MR) is 72.8 cm³/mol. The van der Waals surface area contributed by atoms with Gasteiger partial charge in [0.15, 0.2) is 0 Å². The van der Waals surface area contributed by atoms with Crippen LogP contribution >= 0.6 is 0 Å². The van der Waals surface area contributed by atoms with Crippen molar-refractivity contribution in [2.45, 2.75) is 26.3 Å². The van der Waals surface area contributed by atoms with E-state index in [0.717, 1.165) is 6.07 Å². The van der Waals surface area contributed by atoms with Gasteiger partial charge in [-0.1, -0.05) is 13.8 Å². The standard InChI is InChI=1S/C13H18N2O5/c1-7(2)3-11(12(18)19)15-13(20)14-8-4-9(16)6-10(17)5-8/h4-7,11,16-17H,3H2,1-2H3,(H,18,19)(H2,14,15,20). The number of rotatable bonds is 5. The molecule has 5 N–H and O–H groups in total. The Morgan fingerprint density at radius 1 is 1.15 bits per heavy atom. The molecule has 0 heterocycles. The minimum absolute atomic E-state index is 0.112. The topological polar surface area (TPSA) is 119 Å². The van der Waals surface area contributed by atoms with Gasteiger partial charge in [-0.25, -0.2) is 9.59 Å². The van der Waals surface area contributed by atoms with Gasteiger partial charge in [-0.3, -0.25) is 0 Å². The summed E-state index contributed by atoms with van der Waals surface area (Å²) in [6.07, 6.45) is 0.300. The molecule has 7 heteroatoms. The van der Waals surface area contributed by atoms with Crippen molar-refractivity contribution in [2.75, 3.05) is 5.32 Å². The zero-order valence-electron chi connectivity index (χ0n) is 11.3. The van der Waals surface area contributed by atoms with Crippen molar-refractivity contribution in [2.24, 2.45) is 5.92 Å². The maximum absolute atomic E-state index is 11.7. The van der Waals surface area contributed by atoms with Crippen molar-refractivity contribution in [3.05, 3.63) is 18.2 Å². The number of phenolic OH excluding ortho intramolecular Hbond substituents is 2. The highest BCUT2D eigenvalue weighted by Gasteiger charge is 2.21. The van der Waals surface area contributed by atoms with Gasteiger partial charge in [-0.15, -0.1) is 0 Å². The van der Waals surface area contributed by atoms with Gasteiger partial charge in [0.05, 0.1) is 0 Å². The van der Waals surface area contributed by atoms with Crippen LogP contribution in [0.1, 0.15) is 20.3 Å². The van der Waals surface area contributed by atoms with Crippen molar-refractivity contribution in [3.8, 4) is 11.5 Å². The summed E-state index contributed by atoms with van der Waals surface area (Å²) in [4.78, 5) is 22.7. The number of carboxylic acids is 1. The van der Waals surface area contributed by atoms with E-state index in [1.54, 1.807) is 0 Å². The molecule has 1 unspecified atom stereocenters. The van der Waals surface area contributed by atoms with Crippen molar-refractivity contribution < 1.29 is 24.9 Å². The highest BCUT2D eigenvalue weighted by Crippen LogP contribution is 2.23. The fraction of sp³-hybridized carbons (Fsp3) is 0.385. The van der Waals surface area contributed by atoms with E-state index in [2.05, 4.69) is 10.6 Å². The summed E-state index contributed by atoms with van der Waals surface area (Å²) in [5.41, 5.74) is 0.161. The lowest BCUT2D eigenvalue weighted by Crippen LogP contribution is -2.43. The first-order valence-electron chi connectivity index (χ1n) is 6.11. The molecule has 7 nitrogen and oxygen atoms in total. The number of hydrogen-bond acceptors (Lipinski definition) is 4. The first-order valence-corrected chi connectivity index (χ1v) is 6.11. The molecular weight excluding hydrogens is 264 g/mol. The molecule has 1 aromatic rings. The van der Waals surface area contributed by atoms with Gasteiger partial charge < -0.3 is 26.0 Å². The second-order valence-corrected chi connectivity index (χ2v) is 4.86. The van der Waals surface area contributed by atoms with Crippen molar-refractivity contribution >= 4 is 17.7 Å². The number of nitrogens with one attached hydrogen (secondary N) is 2. The number of benzene rings is 1. The lowest BCUT2D eigenvalue weighted by Gasteiger charge is -2.17. The average molecular weight is 282 g/mol. The Morgan fingerprint density at radius 2 is 1.70 bits per heavy atom. The summed E-state index contributed by atoms with van der Waals surface area (Å²) >= 11 is 0. The van der Waals surface area contributed by atoms with Gasteiger partial charge in [0.25, 0.3) is 0 Å². The minimum atomic E-state index is -1.12. The maximum atomic E-state index is 11.7. The quantitative estimate of drug-likeness (QED) is 0.563. The van der Waals surface area contributed by atoms with E-state index in [1.807, 2.05) is 13.8 Å². The number of anilines is 1. The first-order chi connectivity index (χ1) is 9.27. The van der Waals surface area contributed by atoms with Crippen LogP contribution < -0.4 is 10.6 Å². The Morgan fingerprint density at radius 3 is 2.15 bits per heavy atom. The molecular formula is C13H18N2O5. The molecule has 0 spiro atoms. The molecule has 0 bridgehead atoms. The lowest BCUT2D eigenvalue weighted by atomic mass is 10.0. The number of phenols is 2. The zero-order chi connectivity index (χ0) is 15.3. The molecule has 0 fully saturated rings. The van der Waals surface area contributed by atoms with Crippen LogP contribution in [-0.2, 0) is 4.79 Å². The molecule has 20 heavy (non-hydrogen) atoms. The molecule has 0 aliphatic rings. The number of carbonyl (C=O) groups excluding carboxylic acids is 1. The third kappa shape index (κ3) is 5.05. The summed E-state index contributed by atoms with van der Waals surface area (Å²) in [5.74, 6) is -1.43. The number of carboxylic acid groups (broad SMARTS) is 1. The minimum Gasteiger partial charge on any atom is -0.508 e. The molecule has 1 aromatic carbocycles. The number of carbonyl (C=O) groups is 2. The molecule has 110 valence electrons. The molecule has 0 saturated carbocycles. The Hall–Kier alpha value is -2.44. The van der Waals surface area contributed by atoms with Gasteiger partial charge in [-0.05, 0) is 12.3 Å². The normalized spacial score (nSPS) is 11.9. The largest absolute Gasteiger partial charge is 0.508 e. The van der Waals surface area contributed by atoms with Crippen LogP contribution in [0.5, 0.6) is 11.5 Å². The molecule has 0 aromatic heterocycles. The van der Waals surface area contributed by atoms with E-state index in [9.17, 15) is 19.8 Å². The SMILES string of the molecule is CC(C)CC(NC(=O)Nc1cc(O)cc(O)c1)C(=O)O. The van der Waals surface area contributed by atoms with Crippen LogP contribution in [0.2, 0.25) is 0 Å². The first kappa shape index (κ1) is 15.6. The molecule has 1 atom stereocenters. The molecule has 0 aliphatic carbocycles. The second-order valence-electron chi connectivity index (χ2n) is 4.86. The Bertz CT molecular complexity index is 481. The van der Waals surface area contributed by atoms with Crippen LogP contribution in [-0.4, -0.2) is 33.4 Å². The number of aromatic hydroxyl groups is 2. The zero-order valence-corrected chi connectivity index (χ0v) is 11.3. The second kappa shape index (κ2) is 6.65. The molecule has 2 amide bonds. The van der Waals surface area contributed by atoms with Crippen LogP contribution in [0.15, 0.2) is 18.2 Å². The lowest BCUT2D eigenvalue weighted by molar-refractivity contribution is -0.139. The molecule has 0 saturated heterocycles. The Balaban J connectivity index is 2.68. The van der Waals surface area contributed by atoms with Gasteiger partial charge in [0, 0.05) is 23.9 Å². The van der Waals surface area contributed by atoms with Gasteiger partial charge in [0.1, 0.15) is 17.5 Å². The summed E-state index contributed by atoms with van der Waals surface area (Å²) in [5, 5.41) is 32.2. The van der Waals surface area contributed by atoms with E-state index in [4.69, 9.17) is 5.11 Å². The summed E-state index contributed by atoms with van der Waals surface area (Å²) in [6.45, 7) is 3.70. The van der Waals surface area contributed by atoms with E-state index in [1.165, 1.54) is 12.1 Å². The van der Waals surface area contributed by atoms with Crippen LogP contribution in [0.4, 0.5) is 10.5 Å². The highest BCUT2D eigenvalue weighted by molar-refractivity contribution is 5.92. The molecule has 0 aliphatic heterocycles. The van der Waals surface area contributed by atoms with Crippen molar-refractivity contribution in [1.82, 2.24) is 5.32 Å². The van der Waals surface area contributed by atoms with Gasteiger partial charge in [0.2, 0.25) is 0 Å². The van der Waals surface area contributed by atoms with Crippen LogP contribution in [0.25, 0.3) is 0 Å². The summed E-state index contributed by atoms with van der Waals surface area (Å²) in [6, 6.07) is 1.86. The number of aliphatic carboxylic acids is 1. The monoisotopic (exact) mass is 282 g/mol. The number of amides is 2. The number of urea groups is 1. The van der Waals surface area contributed by atoms with Crippen molar-refractivity contribution in [3.63, 3.8) is 0 Å². The van der Waals surface area contributed by atoms with Gasteiger partial charge in [-0.2, -0.15) is 0 Å². The highest BCUT2D eigenvalue weighted by atomic mass is 16.4. The van der Waals surface area contributed by atoms with Crippen molar-refractivity contribution in [1.29, 1.82) is 0 Å². The fourth-order valence-corrected chi connectivity index (χ4v) is 1.69. The summed E-state index contributed by atoms with van der Waals surface area (Å²) < 4.78 is 0. The van der Waals surface area contributed by atoms with Gasteiger partial charge >= 0.3 is 12.0 Å². The number of hydrogen-bond donors (Lipinski definition) is 5. The Kier molecular flexibility index (Phi) is 5.19.